The second-order valence-electron chi connectivity index (χ2n) is 5.10. The van der Waals surface area contributed by atoms with Crippen molar-refractivity contribution in [3.05, 3.63) is 5.69 Å². The van der Waals surface area contributed by atoms with Crippen LogP contribution in [0.3, 0.4) is 0 Å². The van der Waals surface area contributed by atoms with Crippen LogP contribution in [0.4, 0.5) is 5.13 Å². The van der Waals surface area contributed by atoms with E-state index < -0.39 is 9.05 Å². The zero-order chi connectivity index (χ0) is 13.8. The fourth-order valence-corrected chi connectivity index (χ4v) is 5.42. The molecule has 0 saturated heterocycles. The summed E-state index contributed by atoms with van der Waals surface area (Å²) in [6, 6.07) is 0. The largest absolute Gasteiger partial charge is 0.302 e. The van der Waals surface area contributed by atoms with Gasteiger partial charge >= 0.3 is 0 Å². The average molecular weight is 321 g/mol. The molecule has 8 heteroatoms. The summed E-state index contributed by atoms with van der Waals surface area (Å²) in [7, 11) is 1.51. The molecule has 0 bridgehead atoms. The minimum atomic E-state index is -3.79. The Bertz CT molecular complexity index is 630. The van der Waals surface area contributed by atoms with Crippen LogP contribution < -0.4 is 5.32 Å². The predicted molar refractivity (Wildman–Crippen MR) is 72.8 cm³/mol. The van der Waals surface area contributed by atoms with Crippen LogP contribution in [-0.2, 0) is 13.8 Å². The molecule has 2 aliphatic carbocycles. The Morgan fingerprint density at radius 1 is 1.42 bits per heavy atom. The number of aryl methyl sites for hydroxylation is 1. The zero-order valence-electron chi connectivity index (χ0n) is 10.2. The molecule has 3 rings (SSSR count). The van der Waals surface area contributed by atoms with E-state index in [0.717, 1.165) is 24.2 Å². The van der Waals surface area contributed by atoms with Gasteiger partial charge in [-0.3, -0.25) is 4.79 Å². The van der Waals surface area contributed by atoms with Gasteiger partial charge in [-0.25, -0.2) is 13.4 Å². The highest BCUT2D eigenvalue weighted by molar-refractivity contribution is 8.15. The molecule has 1 N–H and O–H groups in total. The van der Waals surface area contributed by atoms with E-state index >= 15 is 0 Å². The van der Waals surface area contributed by atoms with Gasteiger partial charge in [-0.1, -0.05) is 17.8 Å². The van der Waals surface area contributed by atoms with Crippen molar-refractivity contribution in [1.82, 2.24) is 4.98 Å². The molecule has 1 aromatic rings. The molecular weight excluding hydrogens is 308 g/mol. The van der Waals surface area contributed by atoms with Gasteiger partial charge in [0.15, 0.2) is 9.34 Å². The molecule has 1 heterocycles. The van der Waals surface area contributed by atoms with Gasteiger partial charge in [0, 0.05) is 16.6 Å². The van der Waals surface area contributed by atoms with Crippen molar-refractivity contribution in [3.8, 4) is 0 Å². The summed E-state index contributed by atoms with van der Waals surface area (Å²) >= 11 is 0.905. The molecule has 2 unspecified atom stereocenters. The number of fused-ring (bicyclic) bond motifs is 1. The van der Waals surface area contributed by atoms with Crippen LogP contribution >= 0.6 is 22.0 Å². The van der Waals surface area contributed by atoms with Crippen LogP contribution in [0.5, 0.6) is 0 Å². The molecule has 1 amide bonds. The highest BCUT2D eigenvalue weighted by atomic mass is 35.7. The van der Waals surface area contributed by atoms with E-state index in [1.54, 1.807) is 6.92 Å². The topological polar surface area (TPSA) is 76.1 Å². The summed E-state index contributed by atoms with van der Waals surface area (Å²) in [6.07, 6.45) is 3.46. The summed E-state index contributed by atoms with van der Waals surface area (Å²) in [5.41, 5.74) is 0.325. The molecule has 2 saturated carbocycles. The number of carbonyl (C=O) groups excluding carboxylic acids is 1. The quantitative estimate of drug-likeness (QED) is 0.867. The molecule has 104 valence electrons. The number of amides is 1. The van der Waals surface area contributed by atoms with Gasteiger partial charge in [0.25, 0.3) is 9.05 Å². The summed E-state index contributed by atoms with van der Waals surface area (Å²) in [5, 5.41) is 3.02. The Kier molecular flexibility index (Phi) is 3.11. The maximum Gasteiger partial charge on any atom is 0.272 e. The molecule has 19 heavy (non-hydrogen) atoms. The van der Waals surface area contributed by atoms with Gasteiger partial charge in [0.2, 0.25) is 5.91 Å². The molecular formula is C11H13ClN2O3S2. The third-order valence-corrected chi connectivity index (χ3v) is 7.17. The van der Waals surface area contributed by atoms with Crippen molar-refractivity contribution in [1.29, 1.82) is 0 Å². The van der Waals surface area contributed by atoms with Crippen LogP contribution in [0, 0.1) is 24.7 Å². The minimum absolute atomic E-state index is 0.000424. The number of halogens is 1. The number of hydrogen-bond acceptors (Lipinski definition) is 5. The van der Waals surface area contributed by atoms with E-state index in [4.69, 9.17) is 10.7 Å². The number of carbonyl (C=O) groups is 1. The van der Waals surface area contributed by atoms with E-state index in [2.05, 4.69) is 10.3 Å². The number of anilines is 1. The monoisotopic (exact) mass is 320 g/mol. The Hall–Kier alpha value is -0.660. The lowest BCUT2D eigenvalue weighted by molar-refractivity contribution is -0.118. The SMILES string of the molecule is Cc1nc(NC(=O)C2C3CCCC32)sc1S(=O)(=O)Cl. The van der Waals surface area contributed by atoms with Crippen molar-refractivity contribution in [3.63, 3.8) is 0 Å². The van der Waals surface area contributed by atoms with E-state index in [-0.39, 0.29) is 16.0 Å². The second kappa shape index (κ2) is 4.43. The Balaban J connectivity index is 1.72. The maximum atomic E-state index is 12.0. The van der Waals surface area contributed by atoms with Gasteiger partial charge in [-0.15, -0.1) is 0 Å². The van der Waals surface area contributed by atoms with Crippen molar-refractivity contribution in [2.75, 3.05) is 5.32 Å². The van der Waals surface area contributed by atoms with Gasteiger partial charge in [-0.05, 0) is 31.6 Å². The molecule has 0 aromatic carbocycles. The maximum absolute atomic E-state index is 12.0. The highest BCUT2D eigenvalue weighted by Gasteiger charge is 2.56. The normalized spacial score (nSPS) is 29.1. The van der Waals surface area contributed by atoms with Crippen molar-refractivity contribution >= 4 is 42.1 Å². The molecule has 0 aliphatic heterocycles. The molecule has 5 nitrogen and oxygen atoms in total. The Labute approximate surface area is 119 Å². The number of hydrogen-bond donors (Lipinski definition) is 1. The number of aromatic nitrogens is 1. The summed E-state index contributed by atoms with van der Waals surface area (Å²) in [5.74, 6) is 1.10. The lowest BCUT2D eigenvalue weighted by atomic mass is 10.1. The van der Waals surface area contributed by atoms with Crippen molar-refractivity contribution < 1.29 is 13.2 Å². The standard InChI is InChI=1S/C11H13ClN2O3S2/c1-5-10(19(12,16)17)18-11(13-5)14-9(15)8-6-3-2-4-7(6)8/h6-8H,2-4H2,1H3,(H,13,14,15). The van der Waals surface area contributed by atoms with E-state index in [1.807, 2.05) is 0 Å². The summed E-state index contributed by atoms with van der Waals surface area (Å²) in [4.78, 5) is 16.1. The van der Waals surface area contributed by atoms with Gasteiger partial charge in [0.05, 0.1) is 5.69 Å². The number of nitrogens with one attached hydrogen (secondary N) is 1. The van der Waals surface area contributed by atoms with Crippen molar-refractivity contribution in [2.45, 2.75) is 30.4 Å². The Morgan fingerprint density at radius 3 is 2.58 bits per heavy atom. The molecule has 2 atom stereocenters. The average Bonchev–Trinajstić information content (AvgIpc) is 2.67. The van der Waals surface area contributed by atoms with Crippen LogP contribution in [0.1, 0.15) is 25.0 Å². The first-order valence-electron chi connectivity index (χ1n) is 6.11. The first kappa shape index (κ1) is 13.3. The zero-order valence-corrected chi connectivity index (χ0v) is 12.6. The third kappa shape index (κ3) is 2.39. The molecule has 0 spiro atoms. The van der Waals surface area contributed by atoms with E-state index in [1.165, 1.54) is 6.42 Å². The predicted octanol–water partition coefficient (Wildman–Crippen LogP) is 2.36. The van der Waals surface area contributed by atoms with Gasteiger partial charge in [-0.2, -0.15) is 0 Å². The smallest absolute Gasteiger partial charge is 0.272 e. The number of thiazole rings is 1. The molecule has 0 radical (unpaired) electrons. The van der Waals surface area contributed by atoms with Crippen molar-refractivity contribution in [2.24, 2.45) is 17.8 Å². The van der Waals surface area contributed by atoms with E-state index in [0.29, 0.717) is 22.7 Å². The lowest BCUT2D eigenvalue weighted by Crippen LogP contribution is -2.16. The number of rotatable bonds is 3. The van der Waals surface area contributed by atoms with Crippen LogP contribution in [0.2, 0.25) is 0 Å². The van der Waals surface area contributed by atoms with Crippen LogP contribution in [0.25, 0.3) is 0 Å². The first-order valence-corrected chi connectivity index (χ1v) is 9.23. The van der Waals surface area contributed by atoms with Crippen LogP contribution in [0.15, 0.2) is 4.21 Å². The van der Waals surface area contributed by atoms with Crippen LogP contribution in [-0.4, -0.2) is 19.3 Å². The second-order valence-corrected chi connectivity index (χ2v) is 8.86. The Morgan fingerprint density at radius 2 is 2.05 bits per heavy atom. The third-order valence-electron chi connectivity index (χ3n) is 3.91. The summed E-state index contributed by atoms with van der Waals surface area (Å²) < 4.78 is 22.6. The fourth-order valence-electron chi connectivity index (χ4n) is 3.06. The fraction of sp³-hybridized carbons (Fsp3) is 0.636. The molecule has 1 aromatic heterocycles. The first-order chi connectivity index (χ1) is 8.88. The summed E-state index contributed by atoms with van der Waals surface area (Å²) in [6.45, 7) is 1.56. The molecule has 2 aliphatic rings. The van der Waals surface area contributed by atoms with Gasteiger partial charge in [0.1, 0.15) is 0 Å². The van der Waals surface area contributed by atoms with E-state index in [9.17, 15) is 13.2 Å². The highest BCUT2D eigenvalue weighted by Crippen LogP contribution is 2.57. The molecule has 2 fully saturated rings. The minimum Gasteiger partial charge on any atom is -0.302 e. The number of nitrogens with zero attached hydrogens (tertiary/aromatic N) is 1. The van der Waals surface area contributed by atoms with Gasteiger partial charge < -0.3 is 5.32 Å². The lowest BCUT2D eigenvalue weighted by Gasteiger charge is -2.02.